The zero-order valence-corrected chi connectivity index (χ0v) is 18.4. The number of fused-ring (bicyclic) bond motifs is 1. The van der Waals surface area contributed by atoms with E-state index in [1.165, 1.54) is 17.0 Å². The highest BCUT2D eigenvalue weighted by atomic mass is 19.1. The maximum absolute atomic E-state index is 14.0. The zero-order valence-electron chi connectivity index (χ0n) is 18.4. The monoisotopic (exact) mass is 450 g/mol. The Balaban J connectivity index is 1.68. The normalized spacial score (nSPS) is 14.8. The molecule has 1 aliphatic heterocycles. The molecule has 1 aliphatic rings. The number of nitrogens with zero attached hydrogens (tertiary/aromatic N) is 4. The minimum Gasteiger partial charge on any atom is -0.391 e. The van der Waals surface area contributed by atoms with E-state index in [1.807, 2.05) is 47.8 Å². The SMILES string of the molecule is Cc1nn2c(N3CC[NH+](CCO)CC3)cc(-c3cc(F)cc(F)c3)nc2c1-c1ccccc1. The summed E-state index contributed by atoms with van der Waals surface area (Å²) >= 11 is 0. The maximum atomic E-state index is 14.0. The first kappa shape index (κ1) is 21.5. The molecule has 5 rings (SSSR count). The van der Waals surface area contributed by atoms with E-state index in [9.17, 15) is 13.9 Å². The fourth-order valence-corrected chi connectivity index (χ4v) is 4.59. The van der Waals surface area contributed by atoms with Gasteiger partial charge < -0.3 is 14.9 Å². The van der Waals surface area contributed by atoms with Crippen LogP contribution in [0.5, 0.6) is 0 Å². The Morgan fingerprint density at radius 1 is 0.970 bits per heavy atom. The van der Waals surface area contributed by atoms with E-state index in [1.54, 1.807) is 0 Å². The van der Waals surface area contributed by atoms with Crippen molar-refractivity contribution in [2.45, 2.75) is 6.92 Å². The Labute approximate surface area is 190 Å². The summed E-state index contributed by atoms with van der Waals surface area (Å²) in [6.45, 7) is 6.19. The van der Waals surface area contributed by atoms with Gasteiger partial charge >= 0.3 is 0 Å². The number of aliphatic hydroxyl groups is 1. The molecule has 0 bridgehead atoms. The topological polar surface area (TPSA) is 58.1 Å². The molecule has 4 aromatic rings. The van der Waals surface area contributed by atoms with E-state index in [2.05, 4.69) is 4.90 Å². The van der Waals surface area contributed by atoms with Gasteiger partial charge in [-0.3, -0.25) is 0 Å². The lowest BCUT2D eigenvalue weighted by molar-refractivity contribution is -0.900. The molecule has 2 aromatic heterocycles. The first-order chi connectivity index (χ1) is 16.0. The molecule has 6 nitrogen and oxygen atoms in total. The van der Waals surface area contributed by atoms with Crippen LogP contribution in [0.25, 0.3) is 28.0 Å². The number of aryl methyl sites for hydroxylation is 1. The second-order valence-corrected chi connectivity index (χ2v) is 8.43. The fraction of sp³-hybridized carbons (Fsp3) is 0.280. The summed E-state index contributed by atoms with van der Waals surface area (Å²) in [6, 6.07) is 15.2. The van der Waals surface area contributed by atoms with Crippen LogP contribution in [0.15, 0.2) is 54.6 Å². The van der Waals surface area contributed by atoms with Gasteiger partial charge in [-0.05, 0) is 24.6 Å². The summed E-state index contributed by atoms with van der Waals surface area (Å²) < 4.78 is 29.9. The highest BCUT2D eigenvalue weighted by molar-refractivity contribution is 5.82. The summed E-state index contributed by atoms with van der Waals surface area (Å²) in [4.78, 5) is 8.41. The van der Waals surface area contributed by atoms with Gasteiger partial charge in [0, 0.05) is 23.3 Å². The van der Waals surface area contributed by atoms with Crippen LogP contribution in [0.1, 0.15) is 5.69 Å². The van der Waals surface area contributed by atoms with Crippen LogP contribution < -0.4 is 9.80 Å². The van der Waals surface area contributed by atoms with E-state index in [0.717, 1.165) is 61.4 Å². The number of benzene rings is 2. The third-order valence-electron chi connectivity index (χ3n) is 6.23. The Morgan fingerprint density at radius 3 is 2.33 bits per heavy atom. The van der Waals surface area contributed by atoms with E-state index in [-0.39, 0.29) is 6.61 Å². The number of rotatable bonds is 5. The van der Waals surface area contributed by atoms with Gasteiger partial charge in [0.25, 0.3) is 0 Å². The molecule has 2 N–H and O–H groups in total. The summed E-state index contributed by atoms with van der Waals surface area (Å²) in [7, 11) is 0. The Hall–Kier alpha value is -3.36. The Morgan fingerprint density at radius 2 is 1.67 bits per heavy atom. The molecule has 0 aliphatic carbocycles. The molecular formula is C25H26F2N5O+. The van der Waals surface area contributed by atoms with Crippen LogP contribution >= 0.6 is 0 Å². The van der Waals surface area contributed by atoms with Gasteiger partial charge in [0.05, 0.1) is 44.2 Å². The molecule has 170 valence electrons. The lowest BCUT2D eigenvalue weighted by Gasteiger charge is -2.33. The third-order valence-corrected chi connectivity index (χ3v) is 6.23. The second kappa shape index (κ2) is 8.88. The van der Waals surface area contributed by atoms with Crippen molar-refractivity contribution in [3.8, 4) is 22.4 Å². The van der Waals surface area contributed by atoms with Gasteiger partial charge in [-0.1, -0.05) is 30.3 Å². The zero-order chi connectivity index (χ0) is 22.9. The van der Waals surface area contributed by atoms with E-state index < -0.39 is 11.6 Å². The third kappa shape index (κ3) is 4.19. The molecule has 0 unspecified atom stereocenters. The van der Waals surface area contributed by atoms with Crippen molar-refractivity contribution < 1.29 is 18.8 Å². The quantitative estimate of drug-likeness (QED) is 0.490. The smallest absolute Gasteiger partial charge is 0.166 e. The number of anilines is 1. The number of piperazine rings is 1. The summed E-state index contributed by atoms with van der Waals surface area (Å²) in [6.07, 6.45) is 0. The Kier molecular flexibility index (Phi) is 5.78. The van der Waals surface area contributed by atoms with Crippen molar-refractivity contribution in [2.24, 2.45) is 0 Å². The van der Waals surface area contributed by atoms with E-state index >= 15 is 0 Å². The largest absolute Gasteiger partial charge is 0.391 e. The van der Waals surface area contributed by atoms with Crippen LogP contribution in [0.2, 0.25) is 0 Å². The highest BCUT2D eigenvalue weighted by Gasteiger charge is 2.25. The lowest BCUT2D eigenvalue weighted by atomic mass is 10.1. The van der Waals surface area contributed by atoms with Gasteiger partial charge in [0.2, 0.25) is 0 Å². The number of quaternary nitrogens is 1. The number of halogens is 2. The summed E-state index contributed by atoms with van der Waals surface area (Å²) in [5, 5.41) is 14.1. The summed E-state index contributed by atoms with van der Waals surface area (Å²) in [5.41, 5.74) is 4.27. The van der Waals surface area contributed by atoms with Crippen LogP contribution in [-0.2, 0) is 0 Å². The first-order valence-electron chi connectivity index (χ1n) is 11.1. The van der Waals surface area contributed by atoms with Crippen LogP contribution in [-0.4, -0.2) is 59.0 Å². The molecule has 8 heteroatoms. The number of nitrogens with one attached hydrogen (secondary N) is 1. The predicted molar refractivity (Wildman–Crippen MR) is 123 cm³/mol. The standard InChI is InChI=1S/C25H25F2N5O/c1-17-24(18-5-3-2-4-6-18)25-28-22(19-13-20(26)15-21(27)14-19)16-23(32(25)29-17)31-9-7-30(8-10-31)11-12-33/h2-6,13-16,33H,7-12H2,1H3/p+1. The Bertz CT molecular complexity index is 1260. The lowest BCUT2D eigenvalue weighted by Crippen LogP contribution is -3.15. The maximum Gasteiger partial charge on any atom is 0.166 e. The average Bonchev–Trinajstić information content (AvgIpc) is 3.15. The molecule has 0 atom stereocenters. The molecule has 0 amide bonds. The number of aliphatic hydroxyl groups excluding tert-OH is 1. The summed E-state index contributed by atoms with van der Waals surface area (Å²) in [5.74, 6) is -0.433. The van der Waals surface area contributed by atoms with Crippen molar-refractivity contribution in [2.75, 3.05) is 44.2 Å². The van der Waals surface area contributed by atoms with Crippen LogP contribution in [0, 0.1) is 18.6 Å². The molecule has 2 aromatic carbocycles. The highest BCUT2D eigenvalue weighted by Crippen LogP contribution is 2.33. The molecule has 0 saturated carbocycles. The van der Waals surface area contributed by atoms with Crippen molar-refractivity contribution in [3.05, 3.63) is 71.9 Å². The second-order valence-electron chi connectivity index (χ2n) is 8.43. The van der Waals surface area contributed by atoms with Gasteiger partial charge in [-0.25, -0.2) is 13.8 Å². The van der Waals surface area contributed by atoms with Crippen LogP contribution in [0.3, 0.4) is 0 Å². The van der Waals surface area contributed by atoms with Gasteiger partial charge in [0.1, 0.15) is 24.0 Å². The van der Waals surface area contributed by atoms with E-state index in [0.29, 0.717) is 16.9 Å². The number of aromatic nitrogens is 3. The first-order valence-corrected chi connectivity index (χ1v) is 11.1. The van der Waals surface area contributed by atoms with Crippen molar-refractivity contribution in [1.82, 2.24) is 14.6 Å². The molecule has 1 fully saturated rings. The molecule has 0 spiro atoms. The minimum atomic E-state index is -0.637. The minimum absolute atomic E-state index is 0.170. The average molecular weight is 451 g/mol. The molecule has 0 radical (unpaired) electrons. The fourth-order valence-electron chi connectivity index (χ4n) is 4.59. The van der Waals surface area contributed by atoms with Crippen molar-refractivity contribution >= 4 is 11.5 Å². The van der Waals surface area contributed by atoms with Crippen molar-refractivity contribution in [3.63, 3.8) is 0 Å². The van der Waals surface area contributed by atoms with Gasteiger partial charge in [0.15, 0.2) is 5.65 Å². The molecule has 33 heavy (non-hydrogen) atoms. The van der Waals surface area contributed by atoms with Gasteiger partial charge in [-0.15, -0.1) is 0 Å². The van der Waals surface area contributed by atoms with Crippen LogP contribution in [0.4, 0.5) is 14.6 Å². The predicted octanol–water partition coefficient (Wildman–Crippen LogP) is 2.35. The number of hydrogen-bond acceptors (Lipinski definition) is 4. The molecular weight excluding hydrogens is 424 g/mol. The van der Waals surface area contributed by atoms with Gasteiger partial charge in [-0.2, -0.15) is 9.61 Å². The molecule has 3 heterocycles. The molecule has 1 saturated heterocycles. The number of hydrogen-bond donors (Lipinski definition) is 2. The van der Waals surface area contributed by atoms with Crippen molar-refractivity contribution in [1.29, 1.82) is 0 Å². The van der Waals surface area contributed by atoms with E-state index in [4.69, 9.17) is 10.1 Å².